The molecular formula is C21H17NO. The molecule has 1 heterocycles. The highest BCUT2D eigenvalue weighted by Gasteiger charge is 2.28. The van der Waals surface area contributed by atoms with Gasteiger partial charge in [0.25, 0.3) is 0 Å². The van der Waals surface area contributed by atoms with Crippen LogP contribution in [-0.2, 0) is 0 Å². The summed E-state index contributed by atoms with van der Waals surface area (Å²) in [7, 11) is 0. The molecule has 0 saturated carbocycles. The lowest BCUT2D eigenvalue weighted by Crippen LogP contribution is -2.13. The first-order valence-corrected chi connectivity index (χ1v) is 7.54. The highest BCUT2D eigenvalue weighted by atomic mass is 16.1. The Hall–Kier alpha value is -2.97. The second kappa shape index (κ2) is 5.34. The van der Waals surface area contributed by atoms with Crippen LogP contribution in [0, 0.1) is 30.6 Å². The second-order valence-electron chi connectivity index (χ2n) is 5.70. The van der Waals surface area contributed by atoms with E-state index in [9.17, 15) is 4.79 Å². The van der Waals surface area contributed by atoms with Gasteiger partial charge in [-0.3, -0.25) is 9.36 Å². The molecule has 1 unspecified atom stereocenters. The minimum absolute atomic E-state index is 0.0395. The van der Waals surface area contributed by atoms with E-state index in [2.05, 4.69) is 24.8 Å². The first-order chi connectivity index (χ1) is 11.0. The second-order valence-corrected chi connectivity index (χ2v) is 5.70. The van der Waals surface area contributed by atoms with Gasteiger partial charge in [0.15, 0.2) is 0 Å². The van der Waals surface area contributed by atoms with Gasteiger partial charge in [0.1, 0.15) is 0 Å². The first kappa shape index (κ1) is 14.9. The van der Waals surface area contributed by atoms with Gasteiger partial charge in [-0.05, 0) is 36.8 Å². The van der Waals surface area contributed by atoms with Crippen LogP contribution in [0.2, 0.25) is 0 Å². The van der Waals surface area contributed by atoms with Crippen molar-refractivity contribution in [3.63, 3.8) is 0 Å². The van der Waals surface area contributed by atoms with Gasteiger partial charge >= 0.3 is 0 Å². The van der Waals surface area contributed by atoms with E-state index in [1.807, 2.05) is 31.2 Å². The Kier molecular flexibility index (Phi) is 3.47. The van der Waals surface area contributed by atoms with E-state index >= 15 is 0 Å². The number of hydrogen-bond acceptors (Lipinski definition) is 1. The van der Waals surface area contributed by atoms with Crippen molar-refractivity contribution in [1.82, 2.24) is 4.57 Å². The van der Waals surface area contributed by atoms with Crippen LogP contribution >= 0.6 is 0 Å². The summed E-state index contributed by atoms with van der Waals surface area (Å²) in [6.45, 7) is 5.65. The van der Waals surface area contributed by atoms with E-state index in [4.69, 9.17) is 12.8 Å². The molecule has 2 heteroatoms. The third kappa shape index (κ3) is 2.04. The molecular weight excluding hydrogens is 282 g/mol. The van der Waals surface area contributed by atoms with Gasteiger partial charge in [0, 0.05) is 34.9 Å². The highest BCUT2D eigenvalue weighted by Crippen LogP contribution is 2.43. The van der Waals surface area contributed by atoms with Crippen LogP contribution in [0.3, 0.4) is 0 Å². The summed E-state index contributed by atoms with van der Waals surface area (Å²) in [4.78, 5) is 12.2. The fourth-order valence-electron chi connectivity index (χ4n) is 3.40. The quantitative estimate of drug-likeness (QED) is 0.663. The maximum atomic E-state index is 12.2. The minimum atomic E-state index is -0.0395. The van der Waals surface area contributed by atoms with E-state index in [0.29, 0.717) is 0 Å². The van der Waals surface area contributed by atoms with Crippen molar-refractivity contribution in [3.8, 4) is 24.7 Å². The van der Waals surface area contributed by atoms with E-state index in [0.717, 1.165) is 38.9 Å². The highest BCUT2D eigenvalue weighted by molar-refractivity contribution is 6.06. The summed E-state index contributed by atoms with van der Waals surface area (Å²) >= 11 is 0. The zero-order chi connectivity index (χ0) is 16.7. The number of aromatic nitrogens is 1. The topological polar surface area (TPSA) is 22.0 Å². The Balaban J connectivity index is 2.54. The third-order valence-electron chi connectivity index (χ3n) is 4.48. The molecule has 0 saturated heterocycles. The Labute approximate surface area is 136 Å². The van der Waals surface area contributed by atoms with Crippen LogP contribution in [0.25, 0.3) is 22.6 Å². The van der Waals surface area contributed by atoms with Gasteiger partial charge in [-0.1, -0.05) is 24.8 Å². The number of fused-ring (bicyclic) bond motifs is 3. The van der Waals surface area contributed by atoms with Crippen molar-refractivity contribution >= 4 is 28.5 Å². The normalized spacial score (nSPS) is 18.2. The summed E-state index contributed by atoms with van der Waals surface area (Å²) < 4.78 is 1.72. The van der Waals surface area contributed by atoms with Gasteiger partial charge in [-0.25, -0.2) is 0 Å². The van der Waals surface area contributed by atoms with Gasteiger partial charge in [0.05, 0.1) is 11.2 Å². The number of allylic oxidation sites excluding steroid dienone is 3. The molecule has 112 valence electrons. The number of hydrogen-bond donors (Lipinski definition) is 0. The van der Waals surface area contributed by atoms with Crippen molar-refractivity contribution in [2.75, 3.05) is 0 Å². The van der Waals surface area contributed by atoms with Crippen LogP contribution in [0.4, 0.5) is 0 Å². The molecule has 1 aliphatic rings. The first-order valence-electron chi connectivity index (χ1n) is 7.54. The zero-order valence-electron chi connectivity index (χ0n) is 13.5. The fraction of sp³-hybridized carbons (Fsp3) is 0.190. The molecule has 1 aliphatic carbocycles. The molecule has 0 amide bonds. The van der Waals surface area contributed by atoms with Crippen LogP contribution in [-0.4, -0.2) is 10.5 Å². The predicted molar refractivity (Wildman–Crippen MR) is 95.8 cm³/mol. The Morgan fingerprint density at radius 2 is 2.04 bits per heavy atom. The number of terminal acetylenes is 2. The maximum Gasteiger partial charge on any atom is 0.228 e. The van der Waals surface area contributed by atoms with E-state index in [-0.39, 0.29) is 11.8 Å². The van der Waals surface area contributed by atoms with E-state index < -0.39 is 0 Å². The molecule has 2 aromatic rings. The Morgan fingerprint density at radius 1 is 1.30 bits per heavy atom. The molecule has 0 radical (unpaired) electrons. The molecule has 0 spiro atoms. The van der Waals surface area contributed by atoms with Crippen LogP contribution < -0.4 is 0 Å². The number of carbonyl (C=O) groups excluding carboxylic acids is 1. The van der Waals surface area contributed by atoms with E-state index in [1.54, 1.807) is 11.5 Å². The third-order valence-corrected chi connectivity index (χ3v) is 4.48. The summed E-state index contributed by atoms with van der Waals surface area (Å²) in [6, 6.07) is 5.74. The van der Waals surface area contributed by atoms with Crippen LogP contribution in [0.15, 0.2) is 29.8 Å². The molecule has 0 aliphatic heterocycles. The molecule has 0 fully saturated rings. The lowest BCUT2D eigenvalue weighted by molar-refractivity contribution is 0.0941. The summed E-state index contributed by atoms with van der Waals surface area (Å²) in [5.41, 5.74) is 5.59. The largest absolute Gasteiger partial charge is 0.280 e. The average Bonchev–Trinajstić information content (AvgIpc) is 2.87. The van der Waals surface area contributed by atoms with Crippen LogP contribution in [0.1, 0.15) is 42.4 Å². The van der Waals surface area contributed by atoms with Crippen LogP contribution in [0.5, 0.6) is 0 Å². The van der Waals surface area contributed by atoms with Gasteiger partial charge in [-0.15, -0.1) is 12.8 Å². The molecule has 1 atom stereocenters. The number of carbonyl (C=O) groups is 1. The van der Waals surface area contributed by atoms with Crippen molar-refractivity contribution in [3.05, 3.63) is 46.7 Å². The molecule has 1 aromatic carbocycles. The van der Waals surface area contributed by atoms with Crippen molar-refractivity contribution in [2.24, 2.45) is 5.92 Å². The molecule has 23 heavy (non-hydrogen) atoms. The molecule has 1 aromatic heterocycles. The van der Waals surface area contributed by atoms with Gasteiger partial charge < -0.3 is 0 Å². The molecule has 0 bridgehead atoms. The van der Waals surface area contributed by atoms with E-state index in [1.165, 1.54) is 0 Å². The zero-order valence-corrected chi connectivity index (χ0v) is 13.5. The summed E-state index contributed by atoms with van der Waals surface area (Å²) in [6.07, 6.45) is 15.2. The fourth-order valence-corrected chi connectivity index (χ4v) is 3.40. The van der Waals surface area contributed by atoms with Crippen molar-refractivity contribution in [1.29, 1.82) is 0 Å². The smallest absolute Gasteiger partial charge is 0.228 e. The monoisotopic (exact) mass is 299 g/mol. The lowest BCUT2D eigenvalue weighted by Gasteiger charge is -2.22. The van der Waals surface area contributed by atoms with Crippen molar-refractivity contribution < 1.29 is 4.79 Å². The Morgan fingerprint density at radius 3 is 2.61 bits per heavy atom. The molecule has 3 rings (SSSR count). The maximum absolute atomic E-state index is 12.2. The number of benzene rings is 1. The SMILES string of the molecule is C#CC1=Cc2c(c3cc(C#C)ccc3n2C(C)=O)/C(=C/C)C1C. The van der Waals surface area contributed by atoms with Gasteiger partial charge in [-0.2, -0.15) is 0 Å². The van der Waals surface area contributed by atoms with Gasteiger partial charge in [0.2, 0.25) is 5.91 Å². The average molecular weight is 299 g/mol. The Bertz CT molecular complexity index is 983. The minimum Gasteiger partial charge on any atom is -0.280 e. The number of rotatable bonds is 0. The molecule has 2 nitrogen and oxygen atoms in total. The summed E-state index contributed by atoms with van der Waals surface area (Å²) in [5, 5.41) is 0.998. The van der Waals surface area contributed by atoms with Crippen molar-refractivity contribution in [2.45, 2.75) is 20.8 Å². The lowest BCUT2D eigenvalue weighted by atomic mass is 9.81. The standard InChI is InChI=1S/C21H17NO/c1-6-15-9-10-19-18(11-15)21-17(8-3)13(4)16(7-2)12-20(21)22(19)14(5)23/h1-2,8-13H,3-5H3/b17-8+. The predicted octanol–water partition coefficient (Wildman–Crippen LogP) is 4.35. The number of nitrogens with zero attached hydrogens (tertiary/aromatic N) is 1. The summed E-state index contributed by atoms with van der Waals surface area (Å²) in [5.74, 6) is 5.51. The molecule has 0 N–H and O–H groups in total.